The summed E-state index contributed by atoms with van der Waals surface area (Å²) >= 11 is 4.24. The fourth-order valence-corrected chi connectivity index (χ4v) is 2.25. The second-order valence-corrected chi connectivity index (χ2v) is 4.85. The van der Waals surface area contributed by atoms with Crippen LogP contribution in [0.25, 0.3) is 0 Å². The number of carbonyl (C=O) groups excluding carboxylic acids is 1. The average Bonchev–Trinajstić information content (AvgIpc) is 2.36. The van der Waals surface area contributed by atoms with Gasteiger partial charge in [0.15, 0.2) is 5.78 Å². The van der Waals surface area contributed by atoms with Gasteiger partial charge in [0.2, 0.25) is 0 Å². The first-order valence-electron chi connectivity index (χ1n) is 3.28. The molecule has 0 bridgehead atoms. The van der Waals surface area contributed by atoms with Crippen molar-refractivity contribution in [1.82, 2.24) is 0 Å². The minimum absolute atomic E-state index is 0.0720. The zero-order chi connectivity index (χ0) is 8.27. The molecule has 1 nitrogen and oxygen atoms in total. The SMILES string of the molecule is CC=CC(=O)C1=C[SH](S)C=C1. The highest BCUT2D eigenvalue weighted by Crippen LogP contribution is 2.39. The Labute approximate surface area is 74.0 Å². The molecule has 1 rings (SSSR count). The topological polar surface area (TPSA) is 17.1 Å². The van der Waals surface area contributed by atoms with E-state index < -0.39 is 9.93 Å². The van der Waals surface area contributed by atoms with Gasteiger partial charge in [0.05, 0.1) is 0 Å². The maximum Gasteiger partial charge on any atom is 0.186 e. The second-order valence-electron chi connectivity index (χ2n) is 2.14. The predicted octanol–water partition coefficient (Wildman–Crippen LogP) is 2.39. The molecule has 0 radical (unpaired) electrons. The number of carbonyl (C=O) groups is 1. The summed E-state index contributed by atoms with van der Waals surface area (Å²) in [5.41, 5.74) is 0.768. The molecule has 0 saturated carbocycles. The fourth-order valence-electron chi connectivity index (χ4n) is 0.779. The molecule has 0 aromatic heterocycles. The Morgan fingerprint density at radius 3 is 2.91 bits per heavy atom. The minimum atomic E-state index is -0.450. The first kappa shape index (κ1) is 8.68. The molecule has 3 heteroatoms. The van der Waals surface area contributed by atoms with E-state index in [2.05, 4.69) is 11.7 Å². The molecular weight excluding hydrogens is 176 g/mol. The Hall–Kier alpha value is -0.410. The van der Waals surface area contributed by atoms with Crippen LogP contribution in [0.15, 0.2) is 34.6 Å². The highest BCUT2D eigenvalue weighted by atomic mass is 33.1. The van der Waals surface area contributed by atoms with Crippen molar-refractivity contribution in [2.45, 2.75) is 6.92 Å². The minimum Gasteiger partial charge on any atom is -0.289 e. The largest absolute Gasteiger partial charge is 0.289 e. The number of hydrogen-bond acceptors (Lipinski definition) is 2. The lowest BCUT2D eigenvalue weighted by molar-refractivity contribution is -0.111. The van der Waals surface area contributed by atoms with Crippen LogP contribution in [0.4, 0.5) is 0 Å². The number of hydrogen-bond donors (Lipinski definition) is 2. The van der Waals surface area contributed by atoms with Gasteiger partial charge < -0.3 is 0 Å². The van der Waals surface area contributed by atoms with Gasteiger partial charge in [0.1, 0.15) is 0 Å². The lowest BCUT2D eigenvalue weighted by Gasteiger charge is -1.94. The summed E-state index contributed by atoms with van der Waals surface area (Å²) in [6.45, 7) is 1.83. The Bertz CT molecular complexity index is 251. The Kier molecular flexibility index (Phi) is 3.02. The van der Waals surface area contributed by atoms with Crippen LogP contribution < -0.4 is 0 Å². The van der Waals surface area contributed by atoms with E-state index in [1.807, 2.05) is 23.8 Å². The number of thiol groups is 2. The monoisotopic (exact) mass is 186 g/mol. The van der Waals surface area contributed by atoms with Gasteiger partial charge >= 0.3 is 0 Å². The van der Waals surface area contributed by atoms with Gasteiger partial charge in [-0.2, -0.15) is 9.93 Å². The van der Waals surface area contributed by atoms with Gasteiger partial charge in [-0.1, -0.05) is 6.08 Å². The summed E-state index contributed by atoms with van der Waals surface area (Å²) in [7, 11) is -0.450. The summed E-state index contributed by atoms with van der Waals surface area (Å²) in [5, 5.41) is 3.86. The molecule has 1 aliphatic rings. The van der Waals surface area contributed by atoms with Gasteiger partial charge in [-0.3, -0.25) is 4.79 Å². The van der Waals surface area contributed by atoms with Crippen molar-refractivity contribution in [2.75, 3.05) is 0 Å². The normalized spacial score (nSPS) is 26.0. The summed E-state index contributed by atoms with van der Waals surface area (Å²) in [6.07, 6.45) is 5.15. The number of rotatable bonds is 2. The summed E-state index contributed by atoms with van der Waals surface area (Å²) < 4.78 is 0. The number of allylic oxidation sites excluding steroid dienone is 4. The van der Waals surface area contributed by atoms with E-state index >= 15 is 0 Å². The van der Waals surface area contributed by atoms with Crippen LogP contribution in [0.1, 0.15) is 6.92 Å². The molecule has 1 atom stereocenters. The van der Waals surface area contributed by atoms with E-state index in [0.717, 1.165) is 5.57 Å². The van der Waals surface area contributed by atoms with Crippen molar-refractivity contribution in [3.8, 4) is 0 Å². The van der Waals surface area contributed by atoms with E-state index in [1.54, 1.807) is 12.2 Å². The van der Waals surface area contributed by atoms with Crippen LogP contribution in [-0.2, 0) is 4.79 Å². The lowest BCUT2D eigenvalue weighted by Crippen LogP contribution is -1.92. The van der Waals surface area contributed by atoms with Crippen LogP contribution in [0.5, 0.6) is 0 Å². The first-order chi connectivity index (χ1) is 5.24. The molecule has 0 N–H and O–H groups in total. The third-order valence-corrected chi connectivity index (χ3v) is 3.02. The first-order valence-corrected chi connectivity index (χ1v) is 5.91. The quantitative estimate of drug-likeness (QED) is 0.385. The molecule has 0 aliphatic carbocycles. The lowest BCUT2D eigenvalue weighted by atomic mass is 10.2. The van der Waals surface area contributed by atoms with Gasteiger partial charge in [0.25, 0.3) is 0 Å². The van der Waals surface area contributed by atoms with E-state index in [4.69, 9.17) is 0 Å². The Morgan fingerprint density at radius 2 is 2.45 bits per heavy atom. The molecule has 1 aliphatic heterocycles. The summed E-state index contributed by atoms with van der Waals surface area (Å²) in [6, 6.07) is 0. The van der Waals surface area contributed by atoms with E-state index in [1.165, 1.54) is 0 Å². The maximum atomic E-state index is 11.2. The molecule has 1 unspecified atom stereocenters. The number of ketones is 1. The van der Waals surface area contributed by atoms with Crippen molar-refractivity contribution >= 4 is 27.4 Å². The van der Waals surface area contributed by atoms with Crippen molar-refractivity contribution in [3.63, 3.8) is 0 Å². The zero-order valence-electron chi connectivity index (χ0n) is 6.19. The van der Waals surface area contributed by atoms with Crippen molar-refractivity contribution in [3.05, 3.63) is 34.6 Å². The summed E-state index contributed by atoms with van der Waals surface area (Å²) in [5.74, 6) is 0.0720. The van der Waals surface area contributed by atoms with Crippen molar-refractivity contribution in [2.24, 2.45) is 0 Å². The molecule has 0 fully saturated rings. The predicted molar refractivity (Wildman–Crippen MR) is 55.0 cm³/mol. The molecule has 0 aromatic rings. The third-order valence-electron chi connectivity index (χ3n) is 1.28. The Balaban J connectivity index is 2.70. The molecule has 0 spiro atoms. The van der Waals surface area contributed by atoms with E-state index in [0.29, 0.717) is 0 Å². The van der Waals surface area contributed by atoms with Crippen LogP contribution >= 0.6 is 21.6 Å². The van der Waals surface area contributed by atoms with Crippen LogP contribution in [0.3, 0.4) is 0 Å². The molecule has 0 aromatic carbocycles. The van der Waals surface area contributed by atoms with E-state index in [9.17, 15) is 4.79 Å². The highest BCUT2D eigenvalue weighted by Gasteiger charge is 2.07. The zero-order valence-corrected chi connectivity index (χ0v) is 7.98. The van der Waals surface area contributed by atoms with E-state index in [-0.39, 0.29) is 5.78 Å². The van der Waals surface area contributed by atoms with Crippen LogP contribution in [0, 0.1) is 0 Å². The summed E-state index contributed by atoms with van der Waals surface area (Å²) in [4.78, 5) is 11.2. The van der Waals surface area contributed by atoms with Gasteiger partial charge in [-0.05, 0) is 29.9 Å². The standard InChI is InChI=1S/C8H10OS2/c1-2-3-8(9)7-4-5-11(10)6-7/h2-6,10-11H,1H3. The van der Waals surface area contributed by atoms with Crippen molar-refractivity contribution in [1.29, 1.82) is 0 Å². The Morgan fingerprint density at radius 1 is 1.73 bits per heavy atom. The average molecular weight is 186 g/mol. The van der Waals surface area contributed by atoms with Crippen molar-refractivity contribution < 1.29 is 4.79 Å². The van der Waals surface area contributed by atoms with Gasteiger partial charge in [-0.25, -0.2) is 0 Å². The van der Waals surface area contributed by atoms with Crippen LogP contribution in [0.2, 0.25) is 0 Å². The van der Waals surface area contributed by atoms with Gasteiger partial charge in [-0.15, -0.1) is 11.7 Å². The molecule has 1 heterocycles. The maximum absolute atomic E-state index is 11.2. The molecule has 0 amide bonds. The highest BCUT2D eigenvalue weighted by molar-refractivity contribution is 8.80. The van der Waals surface area contributed by atoms with Gasteiger partial charge in [0, 0.05) is 5.57 Å². The molecule has 0 saturated heterocycles. The van der Waals surface area contributed by atoms with Crippen LogP contribution in [-0.4, -0.2) is 5.78 Å². The second kappa shape index (κ2) is 3.83. The molecular formula is C8H10OS2. The fraction of sp³-hybridized carbons (Fsp3) is 0.125. The third kappa shape index (κ3) is 2.27. The molecule has 60 valence electrons. The molecule has 11 heavy (non-hydrogen) atoms. The smallest absolute Gasteiger partial charge is 0.186 e.